The molecule has 0 aliphatic rings. The van der Waals surface area contributed by atoms with Crippen LogP contribution in [0.15, 0.2) is 28.2 Å². The van der Waals surface area contributed by atoms with Gasteiger partial charge in [0.15, 0.2) is 0 Å². The summed E-state index contributed by atoms with van der Waals surface area (Å²) in [5, 5.41) is 5.35. The van der Waals surface area contributed by atoms with Crippen molar-refractivity contribution in [3.63, 3.8) is 0 Å². The number of methoxy groups -OCH3 is 1. The fourth-order valence-corrected chi connectivity index (χ4v) is 2.84. The smallest absolute Gasteiger partial charge is 0.232 e. The molecule has 0 unspecified atom stereocenters. The molecule has 0 bridgehead atoms. The Morgan fingerprint density at radius 2 is 2.26 bits per heavy atom. The summed E-state index contributed by atoms with van der Waals surface area (Å²) in [7, 11) is 1.59. The molecule has 0 spiro atoms. The third kappa shape index (κ3) is 3.45. The summed E-state index contributed by atoms with van der Waals surface area (Å²) in [4.78, 5) is 9.85. The fourth-order valence-electron chi connectivity index (χ4n) is 1.63. The lowest BCUT2D eigenvalue weighted by atomic mass is 9.91. The average Bonchev–Trinajstić information content (AvgIpc) is 2.92. The highest BCUT2D eigenvalue weighted by molar-refractivity contribution is 9.10. The minimum Gasteiger partial charge on any atom is -0.480 e. The van der Waals surface area contributed by atoms with Gasteiger partial charge in [-0.15, -0.1) is 11.3 Å². The van der Waals surface area contributed by atoms with E-state index in [2.05, 4.69) is 62.6 Å². The molecular formula is C13H16BrN3OS. The molecule has 0 aromatic carbocycles. The summed E-state index contributed by atoms with van der Waals surface area (Å²) < 4.78 is 5.90. The van der Waals surface area contributed by atoms with E-state index in [0.717, 1.165) is 11.0 Å². The molecule has 102 valence electrons. The Bertz CT molecular complexity index is 543. The van der Waals surface area contributed by atoms with Crippen LogP contribution in [0.2, 0.25) is 0 Å². The van der Waals surface area contributed by atoms with Crippen LogP contribution in [-0.4, -0.2) is 23.6 Å². The SMILES string of the molecule is COc1nc(NCC(C)(C)c2cccs2)ncc1Br. The van der Waals surface area contributed by atoms with Gasteiger partial charge in [-0.3, -0.25) is 0 Å². The Balaban J connectivity index is 2.06. The van der Waals surface area contributed by atoms with E-state index in [9.17, 15) is 0 Å². The Labute approximate surface area is 125 Å². The van der Waals surface area contributed by atoms with Crippen LogP contribution in [0, 0.1) is 0 Å². The molecule has 2 heterocycles. The second-order valence-corrected chi connectivity index (χ2v) is 6.57. The van der Waals surface area contributed by atoms with Crippen molar-refractivity contribution in [2.24, 2.45) is 0 Å². The van der Waals surface area contributed by atoms with Gasteiger partial charge in [0.05, 0.1) is 17.8 Å². The number of hydrogen-bond acceptors (Lipinski definition) is 5. The van der Waals surface area contributed by atoms with Crippen LogP contribution < -0.4 is 10.1 Å². The predicted molar refractivity (Wildman–Crippen MR) is 82.1 cm³/mol. The van der Waals surface area contributed by atoms with Gasteiger partial charge in [0, 0.05) is 16.8 Å². The highest BCUT2D eigenvalue weighted by Crippen LogP contribution is 2.28. The largest absolute Gasteiger partial charge is 0.480 e. The zero-order valence-electron chi connectivity index (χ0n) is 11.1. The summed E-state index contributed by atoms with van der Waals surface area (Å²) in [6, 6.07) is 4.22. The molecule has 1 N–H and O–H groups in total. The van der Waals surface area contributed by atoms with Crippen molar-refractivity contribution in [2.75, 3.05) is 19.0 Å². The van der Waals surface area contributed by atoms with E-state index in [-0.39, 0.29) is 5.41 Å². The topological polar surface area (TPSA) is 47.0 Å². The number of ether oxygens (including phenoxy) is 1. The summed E-state index contributed by atoms with van der Waals surface area (Å²) in [5.41, 5.74) is 0.0395. The standard InChI is InChI=1S/C13H16BrN3OS/c1-13(2,10-5-4-6-19-10)8-16-12-15-7-9(14)11(17-12)18-3/h4-7H,8H2,1-3H3,(H,15,16,17). The van der Waals surface area contributed by atoms with Crippen LogP contribution in [0.25, 0.3) is 0 Å². The quantitative estimate of drug-likeness (QED) is 0.900. The zero-order valence-corrected chi connectivity index (χ0v) is 13.5. The summed E-state index contributed by atoms with van der Waals surface area (Å²) in [6.07, 6.45) is 1.69. The van der Waals surface area contributed by atoms with Crippen LogP contribution in [0.1, 0.15) is 18.7 Å². The van der Waals surface area contributed by atoms with Gasteiger partial charge in [0.2, 0.25) is 11.8 Å². The van der Waals surface area contributed by atoms with E-state index < -0.39 is 0 Å². The number of rotatable bonds is 5. The second kappa shape index (κ2) is 5.88. The molecule has 0 saturated heterocycles. The van der Waals surface area contributed by atoms with Gasteiger partial charge < -0.3 is 10.1 Å². The van der Waals surface area contributed by atoms with E-state index in [0.29, 0.717) is 11.8 Å². The molecule has 0 aliphatic carbocycles. The number of halogens is 1. The first kappa shape index (κ1) is 14.3. The molecule has 0 atom stereocenters. The molecule has 2 aromatic heterocycles. The third-order valence-corrected chi connectivity index (χ3v) is 4.56. The Morgan fingerprint density at radius 3 is 2.89 bits per heavy atom. The van der Waals surface area contributed by atoms with Gasteiger partial charge in [0.25, 0.3) is 0 Å². The van der Waals surface area contributed by atoms with E-state index in [4.69, 9.17) is 4.74 Å². The van der Waals surface area contributed by atoms with E-state index in [1.165, 1.54) is 4.88 Å². The van der Waals surface area contributed by atoms with Crippen molar-refractivity contribution in [3.8, 4) is 5.88 Å². The molecule has 0 fully saturated rings. The number of anilines is 1. The Morgan fingerprint density at radius 1 is 1.47 bits per heavy atom. The van der Waals surface area contributed by atoms with E-state index >= 15 is 0 Å². The van der Waals surface area contributed by atoms with Crippen molar-refractivity contribution >= 4 is 33.2 Å². The van der Waals surface area contributed by atoms with E-state index in [1.54, 1.807) is 24.6 Å². The first-order chi connectivity index (χ1) is 9.03. The number of thiophene rings is 1. The molecule has 6 heteroatoms. The Kier molecular flexibility index (Phi) is 4.42. The normalized spacial score (nSPS) is 11.4. The van der Waals surface area contributed by atoms with Crippen molar-refractivity contribution in [3.05, 3.63) is 33.1 Å². The van der Waals surface area contributed by atoms with Gasteiger partial charge in [-0.2, -0.15) is 4.98 Å². The molecule has 0 radical (unpaired) electrons. The number of nitrogens with one attached hydrogen (secondary N) is 1. The molecule has 2 rings (SSSR count). The zero-order chi connectivity index (χ0) is 13.9. The highest BCUT2D eigenvalue weighted by Gasteiger charge is 2.21. The van der Waals surface area contributed by atoms with Crippen LogP contribution in [0.3, 0.4) is 0 Å². The Hall–Kier alpha value is -1.14. The second-order valence-electron chi connectivity index (χ2n) is 4.77. The van der Waals surface area contributed by atoms with Gasteiger partial charge in [-0.25, -0.2) is 4.98 Å². The van der Waals surface area contributed by atoms with Crippen molar-refractivity contribution in [2.45, 2.75) is 19.3 Å². The van der Waals surface area contributed by atoms with Crippen LogP contribution >= 0.6 is 27.3 Å². The number of hydrogen-bond donors (Lipinski definition) is 1. The maximum absolute atomic E-state index is 5.15. The summed E-state index contributed by atoms with van der Waals surface area (Å²) >= 11 is 5.10. The molecule has 2 aromatic rings. The average molecular weight is 342 g/mol. The number of aromatic nitrogens is 2. The van der Waals surface area contributed by atoms with Crippen molar-refractivity contribution in [1.82, 2.24) is 9.97 Å². The maximum Gasteiger partial charge on any atom is 0.232 e. The van der Waals surface area contributed by atoms with Gasteiger partial charge in [-0.1, -0.05) is 19.9 Å². The fraction of sp³-hybridized carbons (Fsp3) is 0.385. The highest BCUT2D eigenvalue weighted by atomic mass is 79.9. The maximum atomic E-state index is 5.15. The summed E-state index contributed by atoms with van der Waals surface area (Å²) in [6.45, 7) is 5.15. The minimum absolute atomic E-state index is 0.0395. The van der Waals surface area contributed by atoms with Crippen LogP contribution in [-0.2, 0) is 5.41 Å². The lowest BCUT2D eigenvalue weighted by Crippen LogP contribution is -2.27. The van der Waals surface area contributed by atoms with Crippen molar-refractivity contribution in [1.29, 1.82) is 0 Å². The molecule has 19 heavy (non-hydrogen) atoms. The summed E-state index contributed by atoms with van der Waals surface area (Å²) in [5.74, 6) is 1.11. The van der Waals surface area contributed by atoms with Gasteiger partial charge in [0.1, 0.15) is 0 Å². The first-order valence-corrected chi connectivity index (χ1v) is 7.54. The molecule has 0 amide bonds. The number of nitrogens with zero attached hydrogens (tertiary/aromatic N) is 2. The first-order valence-electron chi connectivity index (χ1n) is 5.87. The monoisotopic (exact) mass is 341 g/mol. The molecule has 0 saturated carbocycles. The van der Waals surface area contributed by atoms with E-state index in [1.807, 2.05) is 0 Å². The minimum atomic E-state index is 0.0395. The third-order valence-electron chi connectivity index (χ3n) is 2.78. The van der Waals surface area contributed by atoms with Crippen LogP contribution in [0.5, 0.6) is 5.88 Å². The van der Waals surface area contributed by atoms with Gasteiger partial charge >= 0.3 is 0 Å². The lowest BCUT2D eigenvalue weighted by Gasteiger charge is -2.23. The lowest BCUT2D eigenvalue weighted by molar-refractivity contribution is 0.394. The molecule has 4 nitrogen and oxygen atoms in total. The molecule has 0 aliphatic heterocycles. The van der Waals surface area contributed by atoms with Crippen molar-refractivity contribution < 1.29 is 4.74 Å². The predicted octanol–water partition coefficient (Wildman–Crippen LogP) is 3.70. The van der Waals surface area contributed by atoms with Gasteiger partial charge in [-0.05, 0) is 27.4 Å². The van der Waals surface area contributed by atoms with Crippen LogP contribution in [0.4, 0.5) is 5.95 Å². The molecular weight excluding hydrogens is 326 g/mol.